The summed E-state index contributed by atoms with van der Waals surface area (Å²) in [5, 5.41) is 24.6. The molecule has 0 saturated carbocycles. The van der Waals surface area contributed by atoms with Crippen molar-refractivity contribution in [3.8, 4) is 17.1 Å². The normalized spacial score (nSPS) is 11.9. The molecule has 39 heavy (non-hydrogen) atoms. The molecule has 200 valence electrons. The fraction of sp³-hybridized carbons (Fsp3) is 0.241. The molecule has 0 aliphatic rings. The Kier molecular flexibility index (Phi) is 8.25. The Bertz CT molecular complexity index is 1520. The molecule has 0 saturated heterocycles. The molecule has 3 aromatic carbocycles. The molecule has 4 aromatic rings. The number of benzene rings is 3. The lowest BCUT2D eigenvalue weighted by Crippen LogP contribution is -2.21. The number of nitro groups is 1. The maximum Gasteiger partial charge on any atom is 0.270 e. The van der Waals surface area contributed by atoms with E-state index in [9.17, 15) is 14.9 Å². The third-order valence-corrected chi connectivity index (χ3v) is 7.02. The lowest BCUT2D eigenvalue weighted by molar-refractivity contribution is -0.384. The van der Waals surface area contributed by atoms with E-state index in [1.54, 1.807) is 19.1 Å². The molecule has 0 bridgehead atoms. The molecule has 10 heteroatoms. The minimum Gasteiger partial charge on any atom is -0.272 e. The Labute approximate surface area is 231 Å². The fourth-order valence-corrected chi connectivity index (χ4v) is 4.56. The average Bonchev–Trinajstić information content (AvgIpc) is 3.34. The molecule has 0 spiro atoms. The number of amides is 1. The molecule has 0 radical (unpaired) electrons. The van der Waals surface area contributed by atoms with E-state index in [1.807, 2.05) is 47.9 Å². The number of nitrogens with one attached hydrogen (secondary N) is 1. The van der Waals surface area contributed by atoms with Crippen molar-refractivity contribution in [3.63, 3.8) is 0 Å². The molecule has 0 aliphatic carbocycles. The number of hydrogen-bond acceptors (Lipinski definition) is 7. The van der Waals surface area contributed by atoms with Gasteiger partial charge in [-0.1, -0.05) is 86.6 Å². The van der Waals surface area contributed by atoms with Gasteiger partial charge in [-0.2, -0.15) is 5.10 Å². The van der Waals surface area contributed by atoms with Crippen LogP contribution in [0.4, 0.5) is 5.69 Å². The van der Waals surface area contributed by atoms with E-state index in [-0.39, 0.29) is 22.8 Å². The van der Waals surface area contributed by atoms with Gasteiger partial charge in [0.05, 0.1) is 16.4 Å². The summed E-state index contributed by atoms with van der Waals surface area (Å²) in [5.74, 6) is 0.402. The van der Waals surface area contributed by atoms with Gasteiger partial charge >= 0.3 is 0 Å². The zero-order valence-corrected chi connectivity index (χ0v) is 23.3. The van der Waals surface area contributed by atoms with Crippen LogP contribution in [0, 0.1) is 17.0 Å². The van der Waals surface area contributed by atoms with Crippen molar-refractivity contribution in [2.75, 3.05) is 5.75 Å². The average molecular weight is 543 g/mol. The van der Waals surface area contributed by atoms with E-state index in [0.29, 0.717) is 22.3 Å². The summed E-state index contributed by atoms with van der Waals surface area (Å²) in [7, 11) is 0. The maximum atomic E-state index is 12.6. The second-order valence-electron chi connectivity index (χ2n) is 10.1. The summed E-state index contributed by atoms with van der Waals surface area (Å²) in [6, 6.07) is 22.4. The number of nitro benzene ring substituents is 1. The van der Waals surface area contributed by atoms with Crippen molar-refractivity contribution in [2.24, 2.45) is 5.10 Å². The van der Waals surface area contributed by atoms with Crippen LogP contribution in [-0.2, 0) is 10.2 Å². The fourth-order valence-electron chi connectivity index (χ4n) is 3.81. The van der Waals surface area contributed by atoms with Gasteiger partial charge < -0.3 is 0 Å². The number of rotatable bonds is 8. The van der Waals surface area contributed by atoms with Crippen molar-refractivity contribution in [2.45, 2.75) is 45.2 Å². The molecule has 1 amide bonds. The van der Waals surface area contributed by atoms with Crippen LogP contribution in [0.5, 0.6) is 0 Å². The summed E-state index contributed by atoms with van der Waals surface area (Å²) >= 11 is 1.25. The van der Waals surface area contributed by atoms with E-state index in [0.717, 1.165) is 16.8 Å². The minimum atomic E-state index is -0.469. The van der Waals surface area contributed by atoms with Gasteiger partial charge in [-0.15, -0.1) is 10.2 Å². The molecule has 0 fully saturated rings. The van der Waals surface area contributed by atoms with Crippen molar-refractivity contribution >= 4 is 29.1 Å². The molecular weight excluding hydrogens is 512 g/mol. The molecule has 1 heterocycles. The van der Waals surface area contributed by atoms with Gasteiger partial charge in [-0.3, -0.25) is 19.5 Å². The van der Waals surface area contributed by atoms with Gasteiger partial charge in [0.25, 0.3) is 11.6 Å². The van der Waals surface area contributed by atoms with Crippen LogP contribution in [0.3, 0.4) is 0 Å². The lowest BCUT2D eigenvalue weighted by atomic mass is 9.87. The highest BCUT2D eigenvalue weighted by Gasteiger charge is 2.19. The summed E-state index contributed by atoms with van der Waals surface area (Å²) in [5.41, 5.74) is 7.70. The topological polar surface area (TPSA) is 115 Å². The van der Waals surface area contributed by atoms with Crippen LogP contribution in [0.2, 0.25) is 0 Å². The zero-order valence-electron chi connectivity index (χ0n) is 22.5. The third kappa shape index (κ3) is 6.77. The zero-order chi connectivity index (χ0) is 28.2. The smallest absolute Gasteiger partial charge is 0.270 e. The minimum absolute atomic E-state index is 0.0353. The predicted molar refractivity (Wildman–Crippen MR) is 154 cm³/mol. The molecule has 1 aromatic heterocycles. The van der Waals surface area contributed by atoms with Gasteiger partial charge in [0.1, 0.15) is 0 Å². The third-order valence-electron chi connectivity index (χ3n) is 6.09. The number of thioether (sulfide) groups is 1. The number of carbonyl (C=O) groups is 1. The molecular formula is C29H30N6O3S. The Balaban J connectivity index is 1.54. The monoisotopic (exact) mass is 542 g/mol. The van der Waals surface area contributed by atoms with Gasteiger partial charge in [-0.05, 0) is 37.0 Å². The van der Waals surface area contributed by atoms with Crippen LogP contribution in [0.25, 0.3) is 17.1 Å². The number of aryl methyl sites for hydroxylation is 1. The largest absolute Gasteiger partial charge is 0.272 e. The van der Waals surface area contributed by atoms with Crippen molar-refractivity contribution < 1.29 is 9.72 Å². The molecule has 0 unspecified atom stereocenters. The number of hydrazone groups is 1. The first kappa shape index (κ1) is 27.7. The lowest BCUT2D eigenvalue weighted by Gasteiger charge is -2.19. The van der Waals surface area contributed by atoms with Crippen molar-refractivity contribution in [1.82, 2.24) is 20.2 Å². The number of non-ortho nitro benzene ring substituents is 1. The van der Waals surface area contributed by atoms with E-state index >= 15 is 0 Å². The highest BCUT2D eigenvalue weighted by Crippen LogP contribution is 2.30. The number of hydrogen-bond donors (Lipinski definition) is 1. The highest BCUT2D eigenvalue weighted by molar-refractivity contribution is 7.99. The first-order valence-corrected chi connectivity index (χ1v) is 13.4. The predicted octanol–water partition coefficient (Wildman–Crippen LogP) is 6.08. The van der Waals surface area contributed by atoms with Crippen LogP contribution >= 0.6 is 11.8 Å². The summed E-state index contributed by atoms with van der Waals surface area (Å²) in [6.07, 6.45) is 0. The SMILES string of the molecule is C/C(=N\NC(=O)CSc1nnc(-c2ccc(C(C)(C)C)cc2)n1-c1ccc(C)cc1)c1cccc([N+](=O)[O-])c1. The Morgan fingerprint density at radius 2 is 1.74 bits per heavy atom. The van der Waals surface area contributed by atoms with Gasteiger partial charge in [0.2, 0.25) is 0 Å². The second kappa shape index (κ2) is 11.6. The van der Waals surface area contributed by atoms with Crippen molar-refractivity contribution in [1.29, 1.82) is 0 Å². The molecule has 9 nitrogen and oxygen atoms in total. The standard InChI is InChI=1S/C29H30N6O3S/c1-19-9-15-24(16-10-19)34-27(21-11-13-23(14-12-21)29(3,4)5)32-33-28(34)39-18-26(36)31-30-20(2)22-7-6-8-25(17-22)35(37)38/h6-17H,18H2,1-5H3,(H,31,36)/b30-20+. The molecule has 1 N–H and O–H groups in total. The summed E-state index contributed by atoms with van der Waals surface area (Å²) in [6.45, 7) is 10.2. The highest BCUT2D eigenvalue weighted by atomic mass is 32.2. The molecule has 4 rings (SSSR count). The van der Waals surface area contributed by atoms with Gasteiger partial charge in [-0.25, -0.2) is 5.43 Å². The summed E-state index contributed by atoms with van der Waals surface area (Å²) in [4.78, 5) is 23.2. The maximum absolute atomic E-state index is 12.6. The van der Waals surface area contributed by atoms with Gasteiger partial charge in [0.15, 0.2) is 11.0 Å². The number of nitrogens with zero attached hydrogens (tertiary/aromatic N) is 5. The Hall–Kier alpha value is -4.31. The number of aromatic nitrogens is 3. The van der Waals surface area contributed by atoms with Gasteiger partial charge in [0, 0.05) is 28.9 Å². The second-order valence-corrected chi connectivity index (χ2v) is 11.1. The van der Waals surface area contributed by atoms with Crippen LogP contribution in [0.1, 0.15) is 44.4 Å². The summed E-state index contributed by atoms with van der Waals surface area (Å²) < 4.78 is 1.95. The Morgan fingerprint density at radius 3 is 2.38 bits per heavy atom. The van der Waals surface area contributed by atoms with Crippen molar-refractivity contribution in [3.05, 3.63) is 99.6 Å². The van der Waals surface area contributed by atoms with E-state index < -0.39 is 4.92 Å². The quantitative estimate of drug-likeness (QED) is 0.125. The molecule has 0 aliphatic heterocycles. The van der Waals surface area contributed by atoms with E-state index in [4.69, 9.17) is 0 Å². The number of carbonyl (C=O) groups excluding carboxylic acids is 1. The van der Waals surface area contributed by atoms with E-state index in [1.165, 1.54) is 29.5 Å². The van der Waals surface area contributed by atoms with E-state index in [2.05, 4.69) is 53.6 Å². The first-order valence-electron chi connectivity index (χ1n) is 12.4. The van der Waals surface area contributed by atoms with Crippen LogP contribution in [-0.4, -0.2) is 37.1 Å². The van der Waals surface area contributed by atoms with Crippen LogP contribution < -0.4 is 5.43 Å². The van der Waals surface area contributed by atoms with Crippen LogP contribution in [0.15, 0.2) is 83.1 Å². The molecule has 0 atom stereocenters. The first-order chi connectivity index (χ1) is 18.5. The Morgan fingerprint density at radius 1 is 1.05 bits per heavy atom.